The van der Waals surface area contributed by atoms with Crippen LogP contribution in [0.15, 0.2) is 24.3 Å². The predicted octanol–water partition coefficient (Wildman–Crippen LogP) is 3.40. The summed E-state index contributed by atoms with van der Waals surface area (Å²) in [5, 5.41) is 0. The Labute approximate surface area is 97.2 Å². The molecule has 0 aliphatic heterocycles. The molecule has 0 heterocycles. The fraction of sp³-hybridized carbons (Fsp3) is 0.500. The molecule has 1 aliphatic rings. The summed E-state index contributed by atoms with van der Waals surface area (Å²) in [6.07, 6.45) is 6.66. The molecule has 1 aromatic rings. The summed E-state index contributed by atoms with van der Waals surface area (Å²) >= 11 is 0. The number of anilines is 1. The number of para-hydroxylation sites is 2. The first kappa shape index (κ1) is 12.2. The van der Waals surface area contributed by atoms with Gasteiger partial charge in [0.05, 0.1) is 11.8 Å². The fourth-order valence-corrected chi connectivity index (χ4v) is 1.95. The van der Waals surface area contributed by atoms with Crippen LogP contribution >= 0.6 is 12.4 Å². The van der Waals surface area contributed by atoms with E-state index in [1.165, 1.54) is 32.1 Å². The van der Waals surface area contributed by atoms with Crippen LogP contribution in [0.4, 0.5) is 5.69 Å². The van der Waals surface area contributed by atoms with Crippen LogP contribution in [-0.2, 0) is 0 Å². The van der Waals surface area contributed by atoms with Crippen molar-refractivity contribution in [3.63, 3.8) is 0 Å². The summed E-state index contributed by atoms with van der Waals surface area (Å²) in [5.74, 6) is 0.847. The summed E-state index contributed by atoms with van der Waals surface area (Å²) < 4.78 is 5.86. The van der Waals surface area contributed by atoms with E-state index >= 15 is 0 Å². The number of rotatable bonds is 2. The Morgan fingerprint density at radius 1 is 1.07 bits per heavy atom. The standard InChI is InChI=1S/C12H17NO.ClH/c13-11-8-4-5-9-12(11)14-10-6-2-1-3-7-10;/h4-5,8-10H,1-3,6-7,13H2;1H. The summed E-state index contributed by atoms with van der Waals surface area (Å²) in [7, 11) is 0. The molecular weight excluding hydrogens is 210 g/mol. The van der Waals surface area contributed by atoms with Gasteiger partial charge in [-0.3, -0.25) is 0 Å². The Balaban J connectivity index is 0.00000112. The van der Waals surface area contributed by atoms with Crippen molar-refractivity contribution in [3.05, 3.63) is 24.3 Å². The third-order valence-electron chi connectivity index (χ3n) is 2.76. The van der Waals surface area contributed by atoms with Crippen LogP contribution in [0, 0.1) is 0 Å². The van der Waals surface area contributed by atoms with Crippen LogP contribution in [0.25, 0.3) is 0 Å². The number of nitrogen functional groups attached to an aromatic ring is 1. The van der Waals surface area contributed by atoms with Crippen molar-refractivity contribution in [2.75, 3.05) is 5.73 Å². The number of halogens is 1. The van der Waals surface area contributed by atoms with Gasteiger partial charge < -0.3 is 10.5 Å². The minimum absolute atomic E-state index is 0. The summed E-state index contributed by atoms with van der Waals surface area (Å²) in [6, 6.07) is 7.74. The molecule has 0 radical (unpaired) electrons. The lowest BCUT2D eigenvalue weighted by Crippen LogP contribution is -2.20. The highest BCUT2D eigenvalue weighted by Crippen LogP contribution is 2.26. The van der Waals surface area contributed by atoms with Crippen LogP contribution in [0.1, 0.15) is 32.1 Å². The maximum atomic E-state index is 5.86. The van der Waals surface area contributed by atoms with Gasteiger partial charge in [-0.1, -0.05) is 18.6 Å². The third kappa shape index (κ3) is 3.31. The van der Waals surface area contributed by atoms with Crippen molar-refractivity contribution < 1.29 is 4.74 Å². The molecule has 1 aromatic carbocycles. The molecule has 0 aromatic heterocycles. The molecule has 2 N–H and O–H groups in total. The summed E-state index contributed by atoms with van der Waals surface area (Å²) in [4.78, 5) is 0. The number of hydrogen-bond donors (Lipinski definition) is 1. The van der Waals surface area contributed by atoms with E-state index in [1.807, 2.05) is 24.3 Å². The van der Waals surface area contributed by atoms with Gasteiger partial charge >= 0.3 is 0 Å². The minimum atomic E-state index is 0. The fourth-order valence-electron chi connectivity index (χ4n) is 1.95. The maximum Gasteiger partial charge on any atom is 0.142 e. The lowest BCUT2D eigenvalue weighted by atomic mass is 9.98. The van der Waals surface area contributed by atoms with Gasteiger partial charge in [-0.15, -0.1) is 12.4 Å². The second-order valence-corrected chi connectivity index (χ2v) is 3.92. The Bertz CT molecular complexity index is 297. The molecule has 84 valence electrons. The Morgan fingerprint density at radius 2 is 1.73 bits per heavy atom. The average Bonchev–Trinajstić information content (AvgIpc) is 2.23. The Morgan fingerprint density at radius 3 is 2.40 bits per heavy atom. The zero-order valence-corrected chi connectivity index (χ0v) is 9.63. The topological polar surface area (TPSA) is 35.2 Å². The second kappa shape index (κ2) is 5.86. The minimum Gasteiger partial charge on any atom is -0.488 e. The smallest absolute Gasteiger partial charge is 0.142 e. The lowest BCUT2D eigenvalue weighted by molar-refractivity contribution is 0.156. The van der Waals surface area contributed by atoms with E-state index in [1.54, 1.807) is 0 Å². The van der Waals surface area contributed by atoms with Gasteiger partial charge in [-0.25, -0.2) is 0 Å². The third-order valence-corrected chi connectivity index (χ3v) is 2.76. The molecule has 1 aliphatic carbocycles. The van der Waals surface area contributed by atoms with E-state index < -0.39 is 0 Å². The van der Waals surface area contributed by atoms with Crippen molar-refractivity contribution in [1.82, 2.24) is 0 Å². The van der Waals surface area contributed by atoms with E-state index in [9.17, 15) is 0 Å². The molecule has 0 spiro atoms. The first-order chi connectivity index (χ1) is 6.86. The lowest BCUT2D eigenvalue weighted by Gasteiger charge is -2.23. The van der Waals surface area contributed by atoms with Crippen molar-refractivity contribution in [2.45, 2.75) is 38.2 Å². The molecule has 0 unspecified atom stereocenters. The molecule has 15 heavy (non-hydrogen) atoms. The molecule has 0 saturated heterocycles. The molecule has 1 saturated carbocycles. The average molecular weight is 228 g/mol. The van der Waals surface area contributed by atoms with Gasteiger partial charge in [0.1, 0.15) is 5.75 Å². The van der Waals surface area contributed by atoms with Crippen LogP contribution in [-0.4, -0.2) is 6.10 Å². The largest absolute Gasteiger partial charge is 0.488 e. The number of benzene rings is 1. The van der Waals surface area contributed by atoms with Gasteiger partial charge in [0.2, 0.25) is 0 Å². The maximum absolute atomic E-state index is 5.86. The molecule has 0 atom stereocenters. The number of ether oxygens (including phenoxy) is 1. The zero-order valence-electron chi connectivity index (χ0n) is 8.82. The summed E-state index contributed by atoms with van der Waals surface area (Å²) in [5.41, 5.74) is 6.56. The molecule has 0 amide bonds. The molecule has 1 fully saturated rings. The van der Waals surface area contributed by atoms with Crippen LogP contribution in [0.5, 0.6) is 5.75 Å². The Kier molecular flexibility index (Phi) is 4.76. The van der Waals surface area contributed by atoms with Gasteiger partial charge in [0, 0.05) is 0 Å². The first-order valence-corrected chi connectivity index (χ1v) is 5.37. The Hall–Kier alpha value is -0.890. The predicted molar refractivity (Wildman–Crippen MR) is 65.6 cm³/mol. The zero-order chi connectivity index (χ0) is 9.80. The highest BCUT2D eigenvalue weighted by molar-refractivity contribution is 5.85. The van der Waals surface area contributed by atoms with Gasteiger partial charge in [-0.05, 0) is 37.8 Å². The molecule has 0 bridgehead atoms. The monoisotopic (exact) mass is 227 g/mol. The molecule has 3 heteroatoms. The highest BCUT2D eigenvalue weighted by atomic mass is 35.5. The number of nitrogens with two attached hydrogens (primary N) is 1. The van der Waals surface area contributed by atoms with Crippen molar-refractivity contribution in [3.8, 4) is 5.75 Å². The number of hydrogen-bond acceptors (Lipinski definition) is 2. The first-order valence-electron chi connectivity index (χ1n) is 5.37. The van der Waals surface area contributed by atoms with E-state index in [-0.39, 0.29) is 12.4 Å². The van der Waals surface area contributed by atoms with Crippen molar-refractivity contribution in [1.29, 1.82) is 0 Å². The van der Waals surface area contributed by atoms with Crippen LogP contribution in [0.2, 0.25) is 0 Å². The SMILES string of the molecule is Cl.Nc1ccccc1OC1CCCCC1. The van der Waals surface area contributed by atoms with Gasteiger partial charge in [0.15, 0.2) is 0 Å². The summed E-state index contributed by atoms with van der Waals surface area (Å²) in [6.45, 7) is 0. The van der Waals surface area contributed by atoms with Crippen LogP contribution in [0.3, 0.4) is 0 Å². The van der Waals surface area contributed by atoms with Gasteiger partial charge in [-0.2, -0.15) is 0 Å². The van der Waals surface area contributed by atoms with E-state index in [2.05, 4.69) is 0 Å². The normalized spacial score (nSPS) is 16.8. The molecule has 2 rings (SSSR count). The molecular formula is C12H18ClNO. The van der Waals surface area contributed by atoms with E-state index in [0.29, 0.717) is 6.10 Å². The van der Waals surface area contributed by atoms with Crippen molar-refractivity contribution >= 4 is 18.1 Å². The van der Waals surface area contributed by atoms with Gasteiger partial charge in [0.25, 0.3) is 0 Å². The highest BCUT2D eigenvalue weighted by Gasteiger charge is 2.15. The van der Waals surface area contributed by atoms with Crippen LogP contribution < -0.4 is 10.5 Å². The van der Waals surface area contributed by atoms with E-state index in [0.717, 1.165) is 11.4 Å². The second-order valence-electron chi connectivity index (χ2n) is 3.92. The quantitative estimate of drug-likeness (QED) is 0.786. The van der Waals surface area contributed by atoms with Crippen molar-refractivity contribution in [2.24, 2.45) is 0 Å². The molecule has 2 nitrogen and oxygen atoms in total. The van der Waals surface area contributed by atoms with E-state index in [4.69, 9.17) is 10.5 Å².